The quantitative estimate of drug-likeness (QED) is 0.0760. The summed E-state index contributed by atoms with van der Waals surface area (Å²) in [6.45, 7) is 0. The number of anilines is 18. The van der Waals surface area contributed by atoms with Gasteiger partial charge < -0.3 is 9.80 Å². The van der Waals surface area contributed by atoms with E-state index >= 15 is 0 Å². The number of hydrogen-bond acceptors (Lipinski definition) is 15. The van der Waals surface area contributed by atoms with Crippen molar-refractivity contribution >= 4 is 155 Å². The molecule has 142 heavy (non-hydrogen) atoms. The topological polar surface area (TPSA) is 110 Å². The van der Waals surface area contributed by atoms with Crippen LogP contribution in [0.3, 0.4) is 0 Å². The van der Waals surface area contributed by atoms with Crippen molar-refractivity contribution in [2.45, 2.75) is 25.0 Å². The van der Waals surface area contributed by atoms with Gasteiger partial charge in [-0.25, -0.2) is 19.9 Å². The summed E-state index contributed by atoms with van der Waals surface area (Å²) in [5, 5.41) is 5.27. The predicted octanol–water partition coefficient (Wildman–Crippen LogP) is 29.9. The van der Waals surface area contributed by atoms with Crippen molar-refractivity contribution in [1.29, 1.82) is 0 Å². The van der Waals surface area contributed by atoms with Crippen molar-refractivity contribution in [3.63, 3.8) is 0 Å². The molecule has 0 spiro atoms. The third-order valence-electron chi connectivity index (χ3n) is 27.3. The largest absolute Gasteiger partial charge is 0.310 e. The fraction of sp³-hybridized carbons (Fsp3) is 0.00794. The molecule has 6 aromatic heterocycles. The zero-order chi connectivity index (χ0) is 94.3. The Morgan fingerprint density at radius 2 is 0.521 bits per heavy atom. The Labute approximate surface area is 834 Å². The average molecular weight is 1880 g/mol. The first-order valence-electron chi connectivity index (χ1n) is 47.5. The van der Waals surface area contributed by atoms with Crippen LogP contribution in [-0.4, -0.2) is 43.0 Å². The molecule has 0 saturated carbocycles. The van der Waals surface area contributed by atoms with Gasteiger partial charge in [0, 0.05) is 132 Å². The lowest BCUT2D eigenvalue weighted by atomic mass is 9.62. The van der Waals surface area contributed by atoms with Crippen LogP contribution < -0.4 is 50.1 Å². The molecule has 0 unspecified atom stereocenters. The molecule has 4 aliphatic heterocycles. The number of rotatable bonds is 18. The lowest BCUT2D eigenvalue weighted by Gasteiger charge is -2.46. The molecule has 0 radical (unpaired) electrons. The Balaban J connectivity index is 0.000000149. The lowest BCUT2D eigenvalue weighted by Crippen LogP contribution is -2.77. The molecule has 0 bridgehead atoms. The summed E-state index contributed by atoms with van der Waals surface area (Å²) < 4.78 is 0. The van der Waals surface area contributed by atoms with E-state index in [1.54, 1.807) is 29.9 Å². The molecule has 0 aliphatic carbocycles. The number of nitrogens with zero attached hydrogens (tertiary/aromatic N) is 13. The van der Waals surface area contributed by atoms with Crippen molar-refractivity contribution in [2.75, 3.05) is 29.4 Å². The number of fused-ring (bicyclic) bond motifs is 8. The molecule has 0 fully saturated rings. The highest BCUT2D eigenvalue weighted by Crippen LogP contribution is 2.61. The molecule has 13 nitrogen and oxygen atoms in total. The second kappa shape index (κ2) is 37.2. The van der Waals surface area contributed by atoms with E-state index in [4.69, 9.17) is 9.97 Å². The van der Waals surface area contributed by atoms with Gasteiger partial charge in [-0.2, -0.15) is 0 Å². The number of aromatic nitrogens is 7. The van der Waals surface area contributed by atoms with Crippen LogP contribution in [0.1, 0.15) is 22.3 Å². The minimum Gasteiger partial charge on any atom is -0.310 e. The standard InChI is InChI=1S/C64H44N6S.C62H43N7SSi/c1-3-17-48(18-4-1)64(49-19-5-2-6-20-49)53-21-7-9-24-56(53)69(57-25-10-8-22-54(57)64)62-43-52(44-63(67-62)70-58-26-11-13-28-60(58)71-61-29-14-12-27-59(61)70)68(50-34-30-45(31-35-50)46-38-41-65-42-39-46)51-36-32-47(33-37-51)55-23-15-16-40-66-55;1-3-15-51(16-4-1)71(52-17-5-2-6-18-52)59-25-13-9-21-55(59)69(56-22-10-14-26-60(56)71)62-40-50(39-61(66-62)68-53-19-7-11-23-57(53)70-58-24-12-8-20-54(58)68)67(48-31-27-44(28-32-48)46-35-37-63-38-36-46)49-33-29-45(30-34-49)47-41-64-43-65-42-47/h1-44H;1-43H. The van der Waals surface area contributed by atoms with Crippen LogP contribution in [-0.2, 0) is 5.41 Å². The van der Waals surface area contributed by atoms with Gasteiger partial charge in [-0.15, -0.1) is 0 Å². The molecule has 10 heterocycles. The second-order valence-electron chi connectivity index (χ2n) is 35.2. The first kappa shape index (κ1) is 85.7. The highest BCUT2D eigenvalue weighted by atomic mass is 32.2. The summed E-state index contributed by atoms with van der Waals surface area (Å²) >= 11 is 3.59. The van der Waals surface area contributed by atoms with E-state index in [-0.39, 0.29) is 0 Å². The maximum atomic E-state index is 5.86. The fourth-order valence-corrected chi connectivity index (χ4v) is 28.3. The molecule has 26 rings (SSSR count). The van der Waals surface area contributed by atoms with Crippen molar-refractivity contribution in [3.05, 3.63) is 551 Å². The smallest absolute Gasteiger partial charge is 0.184 e. The van der Waals surface area contributed by atoms with Crippen LogP contribution in [0.5, 0.6) is 0 Å². The molecule has 0 atom stereocenters. The van der Waals surface area contributed by atoms with Crippen LogP contribution >= 0.6 is 23.5 Å². The number of pyridine rings is 5. The summed E-state index contributed by atoms with van der Waals surface area (Å²) in [5.74, 6) is 3.16. The maximum absolute atomic E-state index is 5.86. The highest BCUT2D eigenvalue weighted by molar-refractivity contribution is 8.00. The van der Waals surface area contributed by atoms with Gasteiger partial charge >= 0.3 is 0 Å². The molecule has 16 aromatic carbocycles. The molecular weight excluding hydrogens is 1790 g/mol. The third kappa shape index (κ3) is 15.3. The molecular formula is C126H87N13S2Si. The van der Waals surface area contributed by atoms with Crippen LogP contribution in [0.15, 0.2) is 549 Å². The second-order valence-corrected chi connectivity index (χ2v) is 41.1. The summed E-state index contributed by atoms with van der Waals surface area (Å²) in [7, 11) is -2.91. The first-order valence-corrected chi connectivity index (χ1v) is 51.1. The molecule has 0 saturated heterocycles. The zero-order valence-electron chi connectivity index (χ0n) is 76.9. The zero-order valence-corrected chi connectivity index (χ0v) is 79.5. The minimum atomic E-state index is -2.91. The summed E-state index contributed by atoms with van der Waals surface area (Å²) in [4.78, 5) is 52.4. The predicted molar refractivity (Wildman–Crippen MR) is 585 cm³/mol. The first-order chi connectivity index (χ1) is 70.4. The normalized spacial score (nSPS) is 13.1. The Bertz CT molecular complexity index is 7440. The van der Waals surface area contributed by atoms with E-state index < -0.39 is 13.5 Å². The number of hydrogen-bond donors (Lipinski definition) is 0. The fourth-order valence-electron chi connectivity index (χ4n) is 21.1. The van der Waals surface area contributed by atoms with Crippen molar-refractivity contribution in [2.24, 2.45) is 0 Å². The Morgan fingerprint density at radius 1 is 0.225 bits per heavy atom. The van der Waals surface area contributed by atoms with Gasteiger partial charge in [-0.3, -0.25) is 34.6 Å². The van der Waals surface area contributed by atoms with Gasteiger partial charge in [0.05, 0.1) is 56.6 Å². The van der Waals surface area contributed by atoms with Crippen LogP contribution in [0.2, 0.25) is 0 Å². The maximum Gasteiger partial charge on any atom is 0.184 e. The van der Waals surface area contributed by atoms with Gasteiger partial charge in [0.1, 0.15) is 29.6 Å². The Kier molecular flexibility index (Phi) is 22.4. The van der Waals surface area contributed by atoms with E-state index in [0.717, 1.165) is 157 Å². The molecule has 672 valence electrons. The van der Waals surface area contributed by atoms with Gasteiger partial charge in [0.15, 0.2) is 8.07 Å². The average Bonchev–Trinajstić information content (AvgIpc) is 0.697. The third-order valence-corrected chi connectivity index (χ3v) is 34.4. The SMILES string of the molecule is c1ccc(C2(c3ccccc3)c3ccccc3N(c3cc(N(c4ccc(-c5ccncc5)cc4)c4ccc(-c5ccccn5)cc4)cc(N4c5ccccc5Sc5ccccc54)n3)c3ccccc32)cc1.c1ccc([Si]2(c3ccccc3)c3ccccc3N(c3cc(N(c4ccc(-c5ccncc5)cc4)c4ccc(-c5cncnc5)cc4)cc(N4c5ccccc5Sc5ccccc54)n3)c3ccccc32)cc1. The Hall–Kier alpha value is -17.9. The van der Waals surface area contributed by atoms with Crippen LogP contribution in [0.4, 0.5) is 103 Å². The van der Waals surface area contributed by atoms with E-state index in [1.807, 2.05) is 67.6 Å². The van der Waals surface area contributed by atoms with Gasteiger partial charge in [-0.05, 0) is 229 Å². The van der Waals surface area contributed by atoms with E-state index in [9.17, 15) is 0 Å². The van der Waals surface area contributed by atoms with Crippen LogP contribution in [0.25, 0.3) is 44.6 Å². The minimum absolute atomic E-state index is 0.632. The van der Waals surface area contributed by atoms with Gasteiger partial charge in [0.25, 0.3) is 0 Å². The summed E-state index contributed by atoms with van der Waals surface area (Å²) in [6, 6.07) is 173. The van der Waals surface area contributed by atoms with E-state index in [1.165, 1.54) is 52.8 Å². The van der Waals surface area contributed by atoms with Crippen molar-refractivity contribution in [1.82, 2.24) is 34.9 Å². The highest BCUT2D eigenvalue weighted by Gasteiger charge is 2.51. The Morgan fingerprint density at radius 3 is 0.894 bits per heavy atom. The molecule has 22 aromatic rings. The van der Waals surface area contributed by atoms with E-state index in [2.05, 4.69) is 509 Å². The van der Waals surface area contributed by atoms with Gasteiger partial charge in [0.2, 0.25) is 0 Å². The molecule has 4 aliphatic rings. The lowest BCUT2D eigenvalue weighted by molar-refractivity contribution is 0.730. The van der Waals surface area contributed by atoms with E-state index in [0.29, 0.717) is 0 Å². The van der Waals surface area contributed by atoms with Gasteiger partial charge in [-0.1, -0.05) is 321 Å². The van der Waals surface area contributed by atoms with Crippen LogP contribution in [0, 0.1) is 0 Å². The summed E-state index contributed by atoms with van der Waals surface area (Å²) in [5.41, 5.74) is 27.0. The molecule has 16 heteroatoms. The monoisotopic (exact) mass is 1870 g/mol. The number of benzene rings is 16. The molecule has 0 amide bonds. The molecule has 0 N–H and O–H groups in total. The summed E-state index contributed by atoms with van der Waals surface area (Å²) in [6.07, 6.45) is 14.5. The van der Waals surface area contributed by atoms with Crippen molar-refractivity contribution < 1.29 is 0 Å². The van der Waals surface area contributed by atoms with Crippen molar-refractivity contribution in [3.8, 4) is 44.6 Å². The number of para-hydroxylation sites is 8.